The van der Waals surface area contributed by atoms with Gasteiger partial charge in [0.15, 0.2) is 0 Å². The van der Waals surface area contributed by atoms with Gasteiger partial charge >= 0.3 is 6.09 Å². The Labute approximate surface area is 140 Å². The summed E-state index contributed by atoms with van der Waals surface area (Å²) in [5, 5.41) is 3.87. The summed E-state index contributed by atoms with van der Waals surface area (Å²) in [6, 6.07) is 8.36. The van der Waals surface area contributed by atoms with E-state index in [0.717, 1.165) is 18.7 Å². The fourth-order valence-electron chi connectivity index (χ4n) is 3.63. The summed E-state index contributed by atoms with van der Waals surface area (Å²) >= 11 is 0. The first-order valence-corrected chi connectivity index (χ1v) is 8.46. The molecule has 1 aromatic heterocycles. The topological polar surface area (TPSA) is 63.6 Å². The van der Waals surface area contributed by atoms with E-state index in [1.165, 1.54) is 36.4 Å². The lowest BCUT2D eigenvalue weighted by Crippen LogP contribution is -2.33. The smallest absolute Gasteiger partial charge is 0.414 e. The Morgan fingerprint density at radius 2 is 2.21 bits per heavy atom. The molecule has 0 bridgehead atoms. The van der Waals surface area contributed by atoms with Gasteiger partial charge < -0.3 is 14.6 Å². The number of anilines is 1. The fourth-order valence-corrected chi connectivity index (χ4v) is 3.63. The number of hydrogen-bond donors (Lipinski definition) is 1. The molecule has 0 aliphatic carbocycles. The number of carbonyl (C=O) groups excluding carboxylic acids is 2. The lowest BCUT2D eigenvalue weighted by Gasteiger charge is -2.16. The number of aryl methyl sites for hydroxylation is 2. The zero-order chi connectivity index (χ0) is 16.7. The highest BCUT2D eigenvalue weighted by atomic mass is 16.6. The number of nitrogens with zero attached hydrogens (tertiary/aromatic N) is 2. The van der Waals surface area contributed by atoms with E-state index in [1.54, 1.807) is 4.90 Å². The Kier molecular flexibility index (Phi) is 3.67. The summed E-state index contributed by atoms with van der Waals surface area (Å²) in [5.41, 5.74) is 3.46. The molecule has 24 heavy (non-hydrogen) atoms. The second-order valence-corrected chi connectivity index (χ2v) is 6.54. The largest absolute Gasteiger partial charge is 0.442 e. The Morgan fingerprint density at radius 3 is 3.04 bits per heavy atom. The van der Waals surface area contributed by atoms with Crippen LogP contribution < -0.4 is 10.2 Å². The van der Waals surface area contributed by atoms with Gasteiger partial charge in [0, 0.05) is 35.8 Å². The molecule has 2 aromatic rings. The van der Waals surface area contributed by atoms with Crippen LogP contribution in [-0.4, -0.2) is 35.8 Å². The monoisotopic (exact) mass is 327 g/mol. The number of benzene rings is 1. The zero-order valence-corrected chi connectivity index (χ0v) is 13.7. The van der Waals surface area contributed by atoms with Crippen LogP contribution in [0, 0.1) is 0 Å². The Morgan fingerprint density at radius 1 is 1.33 bits per heavy atom. The van der Waals surface area contributed by atoms with Crippen molar-refractivity contribution < 1.29 is 14.3 Å². The van der Waals surface area contributed by atoms with Gasteiger partial charge in [0.05, 0.1) is 13.1 Å². The Hall–Kier alpha value is -2.50. The van der Waals surface area contributed by atoms with Crippen LogP contribution in [-0.2, 0) is 22.5 Å². The summed E-state index contributed by atoms with van der Waals surface area (Å²) < 4.78 is 7.72. The molecule has 6 nitrogen and oxygen atoms in total. The molecule has 1 N–H and O–H groups in total. The average Bonchev–Trinajstić information content (AvgIpc) is 3.12. The van der Waals surface area contributed by atoms with Crippen molar-refractivity contribution in [3.63, 3.8) is 0 Å². The molecule has 2 amide bonds. The third-order valence-corrected chi connectivity index (χ3v) is 4.80. The molecule has 1 atom stereocenters. The number of nitrogens with one attached hydrogen (secondary N) is 1. The van der Waals surface area contributed by atoms with Gasteiger partial charge in [0.25, 0.3) is 0 Å². The van der Waals surface area contributed by atoms with Crippen LogP contribution in [0.25, 0.3) is 10.9 Å². The summed E-state index contributed by atoms with van der Waals surface area (Å²) in [4.78, 5) is 24.8. The minimum Gasteiger partial charge on any atom is -0.442 e. The molecule has 0 unspecified atom stereocenters. The molecule has 1 aromatic carbocycles. The molecule has 2 aliphatic heterocycles. The van der Waals surface area contributed by atoms with E-state index in [9.17, 15) is 9.59 Å². The molecule has 0 saturated carbocycles. The van der Waals surface area contributed by atoms with Crippen molar-refractivity contribution in [3.05, 3.63) is 30.0 Å². The molecule has 0 spiro atoms. The molecular formula is C18H21N3O3. The van der Waals surface area contributed by atoms with Gasteiger partial charge in [-0.2, -0.15) is 0 Å². The van der Waals surface area contributed by atoms with Gasteiger partial charge in [-0.3, -0.25) is 9.69 Å². The highest BCUT2D eigenvalue weighted by molar-refractivity contribution is 5.94. The first-order valence-electron chi connectivity index (χ1n) is 8.46. The van der Waals surface area contributed by atoms with Crippen molar-refractivity contribution in [2.75, 3.05) is 18.0 Å². The van der Waals surface area contributed by atoms with Crippen LogP contribution in [0.3, 0.4) is 0 Å². The number of hydrogen-bond acceptors (Lipinski definition) is 3. The number of aromatic nitrogens is 1. The Balaban J connectivity index is 1.58. The van der Waals surface area contributed by atoms with E-state index in [0.29, 0.717) is 13.1 Å². The predicted molar refractivity (Wildman–Crippen MR) is 91.2 cm³/mol. The van der Waals surface area contributed by atoms with Crippen molar-refractivity contribution in [1.29, 1.82) is 0 Å². The van der Waals surface area contributed by atoms with E-state index >= 15 is 0 Å². The quantitative estimate of drug-likeness (QED) is 0.942. The highest BCUT2D eigenvalue weighted by Gasteiger charge is 2.32. The van der Waals surface area contributed by atoms with Gasteiger partial charge in [-0.1, -0.05) is 0 Å². The summed E-state index contributed by atoms with van der Waals surface area (Å²) in [6.07, 6.45) is 2.93. The lowest BCUT2D eigenvalue weighted by atomic mass is 10.1. The maximum Gasteiger partial charge on any atom is 0.414 e. The molecule has 4 rings (SSSR count). The second kappa shape index (κ2) is 5.85. The van der Waals surface area contributed by atoms with E-state index in [4.69, 9.17) is 4.74 Å². The number of fused-ring (bicyclic) bond motifs is 3. The lowest BCUT2D eigenvalue weighted by molar-refractivity contribution is -0.119. The molecular weight excluding hydrogens is 306 g/mol. The zero-order valence-electron chi connectivity index (χ0n) is 13.7. The molecule has 1 saturated heterocycles. The molecule has 126 valence electrons. The van der Waals surface area contributed by atoms with Crippen molar-refractivity contribution in [2.24, 2.45) is 0 Å². The van der Waals surface area contributed by atoms with Crippen molar-refractivity contribution in [3.8, 4) is 0 Å². The van der Waals surface area contributed by atoms with Crippen LogP contribution in [0.4, 0.5) is 10.5 Å². The number of carbonyl (C=O) groups is 2. The summed E-state index contributed by atoms with van der Waals surface area (Å²) in [6.45, 7) is 3.33. The highest BCUT2D eigenvalue weighted by Crippen LogP contribution is 2.30. The molecule has 2 aliphatic rings. The van der Waals surface area contributed by atoms with Crippen LogP contribution >= 0.6 is 0 Å². The standard InChI is InChI=1S/C18H21N3O3/c1-12(22)19-10-16-11-21(18(23)24-16)15-5-6-17-13(9-15)8-14-4-2-3-7-20(14)17/h5-6,8-9,16H,2-4,7,10-11H2,1H3,(H,19,22)/t16-/m0/s1. The maximum atomic E-state index is 12.1. The van der Waals surface area contributed by atoms with E-state index < -0.39 is 0 Å². The first kappa shape index (κ1) is 15.1. The first-order chi connectivity index (χ1) is 11.6. The molecule has 3 heterocycles. The van der Waals surface area contributed by atoms with Gasteiger partial charge in [0.2, 0.25) is 5.91 Å². The minimum absolute atomic E-state index is 0.120. The van der Waals surface area contributed by atoms with Crippen molar-refractivity contribution >= 4 is 28.6 Å². The van der Waals surface area contributed by atoms with Gasteiger partial charge in [-0.15, -0.1) is 0 Å². The molecule has 6 heteroatoms. The van der Waals surface area contributed by atoms with Crippen molar-refractivity contribution in [2.45, 2.75) is 38.8 Å². The second-order valence-electron chi connectivity index (χ2n) is 6.54. The summed E-state index contributed by atoms with van der Waals surface area (Å²) in [7, 11) is 0. The number of ether oxygens (including phenoxy) is 1. The van der Waals surface area contributed by atoms with Crippen LogP contribution in [0.15, 0.2) is 24.3 Å². The minimum atomic E-state index is -0.353. The normalized spacial score (nSPS) is 20.1. The number of amides is 2. The van der Waals surface area contributed by atoms with Gasteiger partial charge in [-0.05, 0) is 43.5 Å². The average molecular weight is 327 g/mol. The fraction of sp³-hybridized carbons (Fsp3) is 0.444. The Bertz CT molecular complexity index is 811. The van der Waals surface area contributed by atoms with E-state index in [-0.39, 0.29) is 18.1 Å². The van der Waals surface area contributed by atoms with Crippen LogP contribution in [0.2, 0.25) is 0 Å². The van der Waals surface area contributed by atoms with Crippen molar-refractivity contribution in [1.82, 2.24) is 9.88 Å². The van der Waals surface area contributed by atoms with Gasteiger partial charge in [-0.25, -0.2) is 4.79 Å². The van der Waals surface area contributed by atoms with Crippen LogP contribution in [0.1, 0.15) is 25.5 Å². The van der Waals surface area contributed by atoms with Gasteiger partial charge in [0.1, 0.15) is 6.10 Å². The SMILES string of the molecule is CC(=O)NC[C@H]1CN(c2ccc3c(c2)cc2n3CCCC2)C(=O)O1. The number of cyclic esters (lactones) is 1. The number of rotatable bonds is 3. The maximum absolute atomic E-state index is 12.1. The third kappa shape index (κ3) is 2.62. The van der Waals surface area contributed by atoms with E-state index in [1.807, 2.05) is 6.07 Å². The summed E-state index contributed by atoms with van der Waals surface area (Å²) in [5.74, 6) is -0.120. The molecule has 0 radical (unpaired) electrons. The van der Waals surface area contributed by atoms with Crippen LogP contribution in [0.5, 0.6) is 0 Å². The van der Waals surface area contributed by atoms with E-state index in [2.05, 4.69) is 28.1 Å². The molecule has 1 fully saturated rings. The third-order valence-electron chi connectivity index (χ3n) is 4.80. The predicted octanol–water partition coefficient (Wildman–Crippen LogP) is 2.44.